The first-order chi connectivity index (χ1) is 11.6. The van der Waals surface area contributed by atoms with E-state index < -0.39 is 37.6 Å². The summed E-state index contributed by atoms with van der Waals surface area (Å²) in [7, 11) is -7.39. The van der Waals surface area contributed by atoms with Crippen molar-refractivity contribution < 1.29 is 31.5 Å². The summed E-state index contributed by atoms with van der Waals surface area (Å²) in [5, 5.41) is 9.21. The van der Waals surface area contributed by atoms with Gasteiger partial charge in [0, 0.05) is 0 Å². The van der Waals surface area contributed by atoms with E-state index in [0.29, 0.717) is 0 Å². The molecule has 0 bridgehead atoms. The van der Waals surface area contributed by atoms with Crippen molar-refractivity contribution in [2.24, 2.45) is 0 Å². The molecule has 2 aliphatic heterocycles. The first-order valence-electron chi connectivity index (χ1n) is 6.69. The molecular formula is C14H10N2O7S2. The third-order valence-corrected chi connectivity index (χ3v) is 6.19. The van der Waals surface area contributed by atoms with Crippen molar-refractivity contribution >= 4 is 31.9 Å². The summed E-state index contributed by atoms with van der Waals surface area (Å²) >= 11 is 0. The van der Waals surface area contributed by atoms with Crippen LogP contribution in [0.1, 0.15) is 20.7 Å². The topological polar surface area (TPSA) is 147 Å². The Morgan fingerprint density at radius 3 is 1.92 bits per heavy atom. The molecule has 0 aromatic heterocycles. The summed E-state index contributed by atoms with van der Waals surface area (Å²) in [6.45, 7) is 0. The Bertz CT molecular complexity index is 1120. The minimum atomic E-state index is -3.83. The number of benzene rings is 2. The van der Waals surface area contributed by atoms with Crippen LogP contribution in [0, 0.1) is 0 Å². The smallest absolute Gasteiger partial charge is 0.268 e. The summed E-state index contributed by atoms with van der Waals surface area (Å²) < 4.78 is 48.3. The van der Waals surface area contributed by atoms with Crippen LogP contribution >= 0.6 is 0 Å². The summed E-state index contributed by atoms with van der Waals surface area (Å²) in [5.41, 5.74) is 0.206. The Kier molecular flexibility index (Phi) is 3.77. The standard InChI is InChI=1S/C7H5NO4S.C7H5NO3S/c9-5-3-1-2-4-6(5)13(11,12)8-7(4)10;9-7-5-3-1-2-4-6(5)12(10,11)8-7/h1-3,9H,(H,8,10);1-4H,(H,8,9). The van der Waals surface area contributed by atoms with Gasteiger partial charge in [0.15, 0.2) is 0 Å². The van der Waals surface area contributed by atoms with Crippen molar-refractivity contribution in [2.45, 2.75) is 9.79 Å². The van der Waals surface area contributed by atoms with Crippen LogP contribution in [0.2, 0.25) is 0 Å². The molecule has 0 aliphatic carbocycles. The maximum absolute atomic E-state index is 11.2. The van der Waals surface area contributed by atoms with Gasteiger partial charge in [0.1, 0.15) is 15.5 Å². The Labute approximate surface area is 142 Å². The molecule has 0 saturated heterocycles. The predicted molar refractivity (Wildman–Crippen MR) is 83.9 cm³/mol. The van der Waals surface area contributed by atoms with Gasteiger partial charge in [0.05, 0.1) is 11.1 Å². The van der Waals surface area contributed by atoms with Crippen LogP contribution in [-0.2, 0) is 20.0 Å². The normalized spacial score (nSPS) is 18.2. The maximum atomic E-state index is 11.2. The second-order valence-corrected chi connectivity index (χ2v) is 8.29. The molecule has 2 amide bonds. The van der Waals surface area contributed by atoms with E-state index in [1.165, 1.54) is 30.3 Å². The third kappa shape index (κ3) is 2.83. The molecule has 2 aromatic carbocycles. The number of phenols is 1. The van der Waals surface area contributed by atoms with Crippen LogP contribution in [0.25, 0.3) is 0 Å². The van der Waals surface area contributed by atoms with Gasteiger partial charge in [-0.1, -0.05) is 18.2 Å². The average Bonchev–Trinajstić information content (AvgIpc) is 2.91. The molecule has 4 rings (SSSR count). The van der Waals surface area contributed by atoms with Crippen molar-refractivity contribution in [3.63, 3.8) is 0 Å². The zero-order chi connectivity index (χ0) is 18.4. The van der Waals surface area contributed by atoms with Gasteiger partial charge in [-0.2, -0.15) is 0 Å². The average molecular weight is 382 g/mol. The predicted octanol–water partition coefficient (Wildman–Crippen LogP) is -0.0570. The second kappa shape index (κ2) is 5.57. The van der Waals surface area contributed by atoms with E-state index in [1.54, 1.807) is 16.9 Å². The van der Waals surface area contributed by atoms with E-state index in [1.807, 2.05) is 4.72 Å². The highest BCUT2D eigenvalue weighted by atomic mass is 32.2. The molecule has 0 atom stereocenters. The molecule has 2 heterocycles. The van der Waals surface area contributed by atoms with Crippen LogP contribution in [-0.4, -0.2) is 33.8 Å². The van der Waals surface area contributed by atoms with Crippen LogP contribution < -0.4 is 9.44 Å². The fraction of sp³-hybridized carbons (Fsp3) is 0. The highest BCUT2D eigenvalue weighted by molar-refractivity contribution is 7.91. The van der Waals surface area contributed by atoms with Crippen LogP contribution in [0.5, 0.6) is 5.75 Å². The van der Waals surface area contributed by atoms with Crippen molar-refractivity contribution in [2.75, 3.05) is 0 Å². The molecule has 0 fully saturated rings. The number of rotatable bonds is 0. The monoisotopic (exact) mass is 382 g/mol. The highest BCUT2D eigenvalue weighted by Crippen LogP contribution is 2.30. The SMILES string of the molecule is O=C1NS(=O)(=O)c2c(O)cccc21.O=C1NS(=O)(=O)c2ccccc21. The Morgan fingerprint density at radius 1 is 0.720 bits per heavy atom. The van der Waals surface area contributed by atoms with Gasteiger partial charge in [-0.05, 0) is 24.3 Å². The number of hydrogen-bond donors (Lipinski definition) is 3. The Hall–Kier alpha value is -2.92. The second-order valence-electron chi connectivity index (χ2n) is 5.02. The van der Waals surface area contributed by atoms with E-state index in [0.717, 1.165) is 0 Å². The number of amides is 2. The lowest BCUT2D eigenvalue weighted by molar-refractivity contribution is 0.0976. The number of fused-ring (bicyclic) bond motifs is 2. The van der Waals surface area contributed by atoms with Gasteiger partial charge in [-0.3, -0.25) is 9.59 Å². The number of phenolic OH excluding ortho intramolecular Hbond substituents is 1. The minimum Gasteiger partial charge on any atom is -0.506 e. The fourth-order valence-corrected chi connectivity index (χ4v) is 4.76. The summed E-state index contributed by atoms with van der Waals surface area (Å²) in [4.78, 5) is 21.8. The molecule has 2 aromatic rings. The molecular weight excluding hydrogens is 372 g/mol. The quantitative estimate of drug-likeness (QED) is 0.578. The van der Waals surface area contributed by atoms with E-state index in [4.69, 9.17) is 0 Å². The van der Waals surface area contributed by atoms with Crippen molar-refractivity contribution in [1.82, 2.24) is 9.44 Å². The van der Waals surface area contributed by atoms with Crippen LogP contribution in [0.3, 0.4) is 0 Å². The van der Waals surface area contributed by atoms with Gasteiger partial charge in [-0.15, -0.1) is 0 Å². The lowest BCUT2D eigenvalue weighted by Crippen LogP contribution is -2.20. The van der Waals surface area contributed by atoms with Gasteiger partial charge in [0.2, 0.25) is 0 Å². The molecule has 130 valence electrons. The summed E-state index contributed by atoms with van der Waals surface area (Å²) in [6.07, 6.45) is 0. The van der Waals surface area contributed by atoms with Crippen LogP contribution in [0.4, 0.5) is 0 Å². The zero-order valence-corrected chi connectivity index (χ0v) is 13.9. The largest absolute Gasteiger partial charge is 0.506 e. The third-order valence-electron chi connectivity index (χ3n) is 3.38. The molecule has 11 heteroatoms. The zero-order valence-electron chi connectivity index (χ0n) is 12.3. The van der Waals surface area contributed by atoms with Gasteiger partial charge >= 0.3 is 0 Å². The molecule has 25 heavy (non-hydrogen) atoms. The number of aromatic hydroxyl groups is 1. The number of carbonyl (C=O) groups excluding carboxylic acids is 2. The van der Waals surface area contributed by atoms with Gasteiger partial charge < -0.3 is 5.11 Å². The lowest BCUT2D eigenvalue weighted by Gasteiger charge is -1.97. The molecule has 3 N–H and O–H groups in total. The maximum Gasteiger partial charge on any atom is 0.268 e. The van der Waals surface area contributed by atoms with Crippen molar-refractivity contribution in [3.05, 3.63) is 53.6 Å². The number of hydrogen-bond acceptors (Lipinski definition) is 7. The molecule has 0 saturated carbocycles. The number of sulfonamides is 2. The fourth-order valence-electron chi connectivity index (χ4n) is 2.33. The Morgan fingerprint density at radius 2 is 1.28 bits per heavy atom. The molecule has 2 aliphatic rings. The van der Waals surface area contributed by atoms with Crippen molar-refractivity contribution in [3.8, 4) is 5.75 Å². The Balaban J connectivity index is 0.000000146. The minimum absolute atomic E-state index is 0.0139. The van der Waals surface area contributed by atoms with E-state index in [2.05, 4.69) is 0 Å². The van der Waals surface area contributed by atoms with Gasteiger partial charge in [0.25, 0.3) is 31.9 Å². The van der Waals surface area contributed by atoms with E-state index in [-0.39, 0.29) is 20.9 Å². The summed E-state index contributed by atoms with van der Waals surface area (Å²) in [6, 6.07) is 10.1. The molecule has 0 unspecified atom stereocenters. The molecule has 0 radical (unpaired) electrons. The summed E-state index contributed by atoms with van der Waals surface area (Å²) in [5.74, 6) is -1.66. The molecule has 9 nitrogen and oxygen atoms in total. The lowest BCUT2D eigenvalue weighted by atomic mass is 10.2. The highest BCUT2D eigenvalue weighted by Gasteiger charge is 2.35. The first-order valence-corrected chi connectivity index (χ1v) is 9.65. The molecule has 0 spiro atoms. The van der Waals surface area contributed by atoms with Gasteiger partial charge in [-0.25, -0.2) is 26.3 Å². The van der Waals surface area contributed by atoms with E-state index in [9.17, 15) is 31.5 Å². The van der Waals surface area contributed by atoms with Crippen molar-refractivity contribution in [1.29, 1.82) is 0 Å². The number of carbonyl (C=O) groups is 2. The first kappa shape index (κ1) is 16.9. The number of nitrogens with one attached hydrogen (secondary N) is 2. The van der Waals surface area contributed by atoms with E-state index >= 15 is 0 Å². The van der Waals surface area contributed by atoms with Crippen LogP contribution in [0.15, 0.2) is 52.3 Å².